The molecule has 6 aromatic carbocycles. The van der Waals surface area contributed by atoms with Crippen LogP contribution in [0.2, 0.25) is 0 Å². The molecule has 0 unspecified atom stereocenters. The van der Waals surface area contributed by atoms with Gasteiger partial charge < -0.3 is 10.2 Å². The van der Waals surface area contributed by atoms with Crippen LogP contribution in [0.25, 0.3) is 5.32 Å². The number of nitrogens with zero attached hydrogens (tertiary/aromatic N) is 4. The molecule has 0 bridgehead atoms. The monoisotopic (exact) mass is 892 g/mol. The van der Waals surface area contributed by atoms with Gasteiger partial charge in [-0.3, -0.25) is 0 Å². The van der Waals surface area contributed by atoms with E-state index in [1.165, 1.54) is 45.0 Å². The van der Waals surface area contributed by atoms with Gasteiger partial charge in [0, 0.05) is 51.4 Å². The summed E-state index contributed by atoms with van der Waals surface area (Å²) in [5, 5.41) is 4.74. The van der Waals surface area contributed by atoms with Crippen molar-refractivity contribution in [1.29, 1.82) is 0 Å². The predicted molar refractivity (Wildman–Crippen MR) is 227 cm³/mol. The van der Waals surface area contributed by atoms with Crippen LogP contribution in [0.1, 0.15) is 101 Å². The molecule has 276 valence electrons. The van der Waals surface area contributed by atoms with Crippen LogP contribution in [0.4, 0.5) is 51.2 Å². The van der Waals surface area contributed by atoms with E-state index in [0.717, 1.165) is 28.4 Å². The molecule has 6 aromatic rings. The Hall–Kier alpha value is -4.96. The molecule has 0 aliphatic carbocycles. The average molecular weight is 893 g/mol. The third-order valence-electron chi connectivity index (χ3n) is 10.2. The van der Waals surface area contributed by atoms with E-state index in [9.17, 15) is 0 Å². The van der Waals surface area contributed by atoms with Crippen molar-refractivity contribution in [3.05, 3.63) is 167 Å². The van der Waals surface area contributed by atoms with Crippen molar-refractivity contribution in [1.82, 2.24) is 9.15 Å². The maximum Gasteiger partial charge on any atom is 1.00 e. The first-order valence-electron chi connectivity index (χ1n) is 19.1. The smallest absolute Gasteiger partial charge is 0.654 e. The summed E-state index contributed by atoms with van der Waals surface area (Å²) in [5.74, 6) is 1.71. The zero-order valence-electron chi connectivity index (χ0n) is 32.7. The molecule has 0 saturated carbocycles. The van der Waals surface area contributed by atoms with Crippen LogP contribution in [-0.2, 0) is 22.4 Å². The van der Waals surface area contributed by atoms with E-state index >= 15 is 0 Å². The summed E-state index contributed by atoms with van der Waals surface area (Å²) in [6.07, 6.45) is 0. The summed E-state index contributed by atoms with van der Waals surface area (Å²) in [4.78, 5) is 2.26. The van der Waals surface area contributed by atoms with Gasteiger partial charge in [0.25, 0.3) is 11.4 Å². The molecule has 5 heteroatoms. The minimum Gasteiger partial charge on any atom is -0.654 e. The normalized spacial score (nSPS) is 12.6. The molecule has 0 N–H and O–H groups in total. The number of fused-ring (bicyclic) bond motifs is 3. The van der Waals surface area contributed by atoms with Crippen LogP contribution >= 0.6 is 0 Å². The summed E-state index contributed by atoms with van der Waals surface area (Å²) in [6.45, 7) is 18.3. The van der Waals surface area contributed by atoms with Gasteiger partial charge in [-0.1, -0.05) is 159 Å². The first kappa shape index (κ1) is 38.8. The number of benzene rings is 6. The molecule has 0 fully saturated rings. The number of para-hydroxylation sites is 9. The van der Waals surface area contributed by atoms with E-state index in [2.05, 4.69) is 197 Å². The molecule has 0 spiro atoms. The van der Waals surface area contributed by atoms with E-state index < -0.39 is 0 Å². The molecule has 0 aromatic heterocycles. The molecule has 54 heavy (non-hydrogen) atoms. The summed E-state index contributed by atoms with van der Waals surface area (Å²) < 4.78 is 4.64. The maximum absolute atomic E-state index is 4.74. The van der Waals surface area contributed by atoms with E-state index in [1.54, 1.807) is 0 Å². The molecule has 0 atom stereocenters. The van der Waals surface area contributed by atoms with Gasteiger partial charge in [0.1, 0.15) is 0 Å². The third-order valence-corrected chi connectivity index (χ3v) is 10.2. The number of hydrogen-bond donors (Lipinski definition) is 0. The zero-order chi connectivity index (χ0) is 37.2. The maximum atomic E-state index is 4.74. The average Bonchev–Trinajstić information content (AvgIpc) is 3.55. The molecule has 2 aliphatic rings. The molecule has 4 nitrogen and oxygen atoms in total. The van der Waals surface area contributed by atoms with Gasteiger partial charge in [0.2, 0.25) is 11.4 Å². The number of hydrogen-bond acceptors (Lipinski definition) is 1. The Labute approximate surface area is 338 Å². The van der Waals surface area contributed by atoms with Crippen molar-refractivity contribution in [3.63, 3.8) is 0 Å². The van der Waals surface area contributed by atoms with E-state index in [4.69, 9.17) is 5.32 Å². The van der Waals surface area contributed by atoms with E-state index in [1.807, 2.05) is 18.2 Å². The summed E-state index contributed by atoms with van der Waals surface area (Å²) in [6, 6.07) is 53.0. The van der Waals surface area contributed by atoms with Crippen LogP contribution < -0.4 is 14.1 Å². The van der Waals surface area contributed by atoms with Crippen LogP contribution in [0.15, 0.2) is 140 Å². The quantitative estimate of drug-likeness (QED) is 0.115. The second-order valence-corrected chi connectivity index (χ2v) is 15.2. The van der Waals surface area contributed by atoms with E-state index in [-0.39, 0.29) is 22.4 Å². The van der Waals surface area contributed by atoms with Gasteiger partial charge >= 0.3 is 28.4 Å². The summed E-state index contributed by atoms with van der Waals surface area (Å²) >= 11 is 0. The molecule has 8 rings (SSSR count). The van der Waals surface area contributed by atoms with Gasteiger partial charge in [0.15, 0.2) is 0 Å². The van der Waals surface area contributed by atoms with Crippen LogP contribution in [-0.4, -0.2) is 6.01 Å². The van der Waals surface area contributed by atoms with E-state index in [0.29, 0.717) is 23.7 Å². The first-order valence-corrected chi connectivity index (χ1v) is 19.1. The Morgan fingerprint density at radius 1 is 0.426 bits per heavy atom. The largest absolute Gasteiger partial charge is 1.00 e. The molecule has 0 radical (unpaired) electrons. The fourth-order valence-corrected chi connectivity index (χ4v) is 7.54. The SMILES string of the molecule is CC(C)c1cccc(C(C)C)c1[N+]1=C=[N+](c2c(C(C)C)cccc2C(C)C)c2ccccc21.[Au+].c1ccc(N2c3ccccc3[N-]c3ccccc32)cc1. The third kappa shape index (κ3) is 7.41. The molecular weight excluding hydrogens is 842 g/mol. The van der Waals surface area contributed by atoms with Crippen molar-refractivity contribution >= 4 is 57.2 Å². The Bertz CT molecular complexity index is 2140. The number of anilines is 3. The van der Waals surface area contributed by atoms with Crippen molar-refractivity contribution in [2.75, 3.05) is 4.90 Å². The molecule has 0 amide bonds. The Balaban J connectivity index is 0.000000202. The Morgan fingerprint density at radius 2 is 0.778 bits per heavy atom. The second-order valence-electron chi connectivity index (χ2n) is 15.2. The van der Waals surface area contributed by atoms with Crippen molar-refractivity contribution in [2.24, 2.45) is 0 Å². The fourth-order valence-electron chi connectivity index (χ4n) is 7.54. The van der Waals surface area contributed by atoms with Crippen LogP contribution in [0.5, 0.6) is 0 Å². The first-order chi connectivity index (χ1) is 25.7. The molecule has 2 heterocycles. The van der Waals surface area contributed by atoms with Crippen molar-refractivity contribution in [3.8, 4) is 0 Å². The Morgan fingerprint density at radius 3 is 1.17 bits per heavy atom. The molecular formula is C49H51AuN4+2. The summed E-state index contributed by atoms with van der Waals surface area (Å²) in [7, 11) is 0. The van der Waals surface area contributed by atoms with Gasteiger partial charge in [0.05, 0.1) is 0 Å². The fraction of sp³-hybridized carbons (Fsp3) is 0.245. The Kier molecular flexibility index (Phi) is 11.9. The predicted octanol–water partition coefficient (Wildman–Crippen LogP) is 14.8. The molecule has 0 saturated heterocycles. The van der Waals surface area contributed by atoms with Gasteiger partial charge in [-0.05, 0) is 57.1 Å². The zero-order valence-corrected chi connectivity index (χ0v) is 34.8. The minimum absolute atomic E-state index is 0. The summed E-state index contributed by atoms with van der Waals surface area (Å²) in [5.41, 5.74) is 15.8. The standard InChI is InChI=1S/C31H38N2.C18H13N2.Au/c1-20(2)24-13-11-14-25(21(3)4)30(24)32-19-33(29-18-10-9-17-28(29)32)31-26(22(5)6)15-12-16-27(31)23(7)8;1-2-8-14(9-3-1)20-17-12-6-4-10-15(17)19-16-11-5-7-13-18(16)20;/h9-18,20-23H,1-8H3;1-13H;/q+2;-1;+1. The second kappa shape index (κ2) is 16.6. The van der Waals surface area contributed by atoms with Crippen LogP contribution in [0.3, 0.4) is 0 Å². The minimum atomic E-state index is 0. The van der Waals surface area contributed by atoms with Gasteiger partial charge in [-0.25, -0.2) is 0 Å². The van der Waals surface area contributed by atoms with Gasteiger partial charge in [-0.15, -0.1) is 11.4 Å². The van der Waals surface area contributed by atoms with Crippen molar-refractivity contribution < 1.29 is 22.4 Å². The topological polar surface area (TPSA) is 23.4 Å². The number of rotatable bonds is 7. The van der Waals surface area contributed by atoms with Crippen LogP contribution in [0, 0.1) is 0 Å². The van der Waals surface area contributed by atoms with Gasteiger partial charge in [-0.2, -0.15) is 0 Å². The molecule has 2 aliphatic heterocycles. The van der Waals surface area contributed by atoms with Crippen molar-refractivity contribution in [2.45, 2.75) is 79.1 Å².